The highest BCUT2D eigenvalue weighted by molar-refractivity contribution is 6.46. The molecule has 1 aromatic heterocycles. The Balaban J connectivity index is 1.49. The third-order valence-electron chi connectivity index (χ3n) is 6.92. The lowest BCUT2D eigenvalue weighted by Gasteiger charge is -2.26. The number of aromatic nitrogens is 2. The van der Waals surface area contributed by atoms with E-state index in [1.54, 1.807) is 35.6 Å². The molecular formula is C30H33N3O6. The molecule has 0 spiro atoms. The summed E-state index contributed by atoms with van der Waals surface area (Å²) in [5.41, 5.74) is 1.12. The van der Waals surface area contributed by atoms with Crippen LogP contribution in [0.1, 0.15) is 49.8 Å². The number of ketones is 1. The lowest BCUT2D eigenvalue weighted by Crippen LogP contribution is -2.31. The minimum absolute atomic E-state index is 0.0439. The van der Waals surface area contributed by atoms with Crippen molar-refractivity contribution in [3.05, 3.63) is 77.9 Å². The summed E-state index contributed by atoms with van der Waals surface area (Å²) >= 11 is 0. The molecule has 0 saturated carbocycles. The number of benzene rings is 2. The molecule has 1 N–H and O–H groups in total. The zero-order valence-corrected chi connectivity index (χ0v) is 22.0. The Labute approximate surface area is 227 Å². The van der Waals surface area contributed by atoms with Crippen LogP contribution in [0.25, 0.3) is 5.76 Å². The lowest BCUT2D eigenvalue weighted by atomic mass is 9.95. The molecule has 0 bridgehead atoms. The SMILES string of the molecule is CCCCCOc1cccc([C@@H]2C(=C(O)c3ccc4c(c3)OCCO4)C(=O)C(=O)N2CCCn2ccnc2)c1. The van der Waals surface area contributed by atoms with Gasteiger partial charge in [-0.2, -0.15) is 0 Å². The summed E-state index contributed by atoms with van der Waals surface area (Å²) in [7, 11) is 0. The number of amides is 1. The number of fused-ring (bicyclic) bond motifs is 1. The van der Waals surface area contributed by atoms with Crippen molar-refractivity contribution >= 4 is 17.4 Å². The average molecular weight is 532 g/mol. The van der Waals surface area contributed by atoms with Crippen LogP contribution < -0.4 is 14.2 Å². The van der Waals surface area contributed by atoms with E-state index in [0.29, 0.717) is 67.7 Å². The van der Waals surface area contributed by atoms with E-state index in [4.69, 9.17) is 14.2 Å². The quantitative estimate of drug-likeness (QED) is 0.165. The third kappa shape index (κ3) is 5.77. The molecule has 0 radical (unpaired) electrons. The van der Waals surface area contributed by atoms with Crippen molar-refractivity contribution < 1.29 is 28.9 Å². The maximum Gasteiger partial charge on any atom is 0.295 e. The van der Waals surface area contributed by atoms with Crippen molar-refractivity contribution in [1.82, 2.24) is 14.5 Å². The van der Waals surface area contributed by atoms with Crippen LogP contribution in [0.4, 0.5) is 0 Å². The molecular weight excluding hydrogens is 498 g/mol. The normalized spacial score (nSPS) is 18.0. The number of ether oxygens (including phenoxy) is 3. The summed E-state index contributed by atoms with van der Waals surface area (Å²) in [5, 5.41) is 11.4. The molecule has 1 atom stereocenters. The van der Waals surface area contributed by atoms with Gasteiger partial charge in [-0.3, -0.25) is 9.59 Å². The van der Waals surface area contributed by atoms with Gasteiger partial charge in [0.15, 0.2) is 11.5 Å². The van der Waals surface area contributed by atoms with E-state index in [9.17, 15) is 14.7 Å². The number of imidazole rings is 1. The van der Waals surface area contributed by atoms with Gasteiger partial charge in [-0.15, -0.1) is 0 Å². The number of aliphatic hydroxyl groups is 1. The van der Waals surface area contributed by atoms with Crippen LogP contribution in [0.5, 0.6) is 17.2 Å². The number of hydrogen-bond donors (Lipinski definition) is 1. The van der Waals surface area contributed by atoms with E-state index in [2.05, 4.69) is 11.9 Å². The summed E-state index contributed by atoms with van der Waals surface area (Å²) in [6.45, 7) is 4.52. The second kappa shape index (κ2) is 12.1. The molecule has 39 heavy (non-hydrogen) atoms. The minimum Gasteiger partial charge on any atom is -0.507 e. The van der Waals surface area contributed by atoms with E-state index in [1.165, 1.54) is 0 Å². The van der Waals surface area contributed by atoms with Crippen molar-refractivity contribution in [2.45, 2.75) is 45.2 Å². The maximum atomic E-state index is 13.4. The molecule has 9 heteroatoms. The highest BCUT2D eigenvalue weighted by Crippen LogP contribution is 2.41. The van der Waals surface area contributed by atoms with Gasteiger partial charge in [0.05, 0.1) is 24.5 Å². The molecule has 2 aromatic carbocycles. The Morgan fingerprint density at radius 2 is 1.90 bits per heavy atom. The van der Waals surface area contributed by atoms with E-state index in [1.807, 2.05) is 35.0 Å². The highest BCUT2D eigenvalue weighted by Gasteiger charge is 2.46. The molecule has 3 heterocycles. The molecule has 204 valence electrons. The third-order valence-corrected chi connectivity index (χ3v) is 6.92. The largest absolute Gasteiger partial charge is 0.507 e. The fourth-order valence-electron chi connectivity index (χ4n) is 4.96. The van der Waals surface area contributed by atoms with Gasteiger partial charge in [0.2, 0.25) is 0 Å². The number of nitrogens with zero attached hydrogens (tertiary/aromatic N) is 3. The molecule has 2 aliphatic heterocycles. The number of unbranched alkanes of at least 4 members (excludes halogenated alkanes) is 2. The Morgan fingerprint density at radius 3 is 2.69 bits per heavy atom. The number of Topliss-reactive ketones (excluding diaryl/α,β-unsaturated/α-hetero) is 1. The highest BCUT2D eigenvalue weighted by atomic mass is 16.6. The molecule has 0 unspecified atom stereocenters. The summed E-state index contributed by atoms with van der Waals surface area (Å²) in [6.07, 6.45) is 8.99. The molecule has 1 saturated heterocycles. The van der Waals surface area contributed by atoms with Gasteiger partial charge in [0.25, 0.3) is 11.7 Å². The number of likely N-dealkylation sites (tertiary alicyclic amines) is 1. The number of rotatable bonds is 11. The molecule has 5 rings (SSSR count). The van der Waals surface area contributed by atoms with Crippen LogP contribution in [0.2, 0.25) is 0 Å². The van der Waals surface area contributed by atoms with Crippen LogP contribution in [-0.2, 0) is 16.1 Å². The maximum absolute atomic E-state index is 13.4. The number of aryl methyl sites for hydroxylation is 1. The molecule has 1 amide bonds. The van der Waals surface area contributed by atoms with Crippen LogP contribution in [0.15, 0.2) is 66.8 Å². The van der Waals surface area contributed by atoms with Crippen molar-refractivity contribution in [2.24, 2.45) is 0 Å². The van der Waals surface area contributed by atoms with Crippen molar-refractivity contribution in [1.29, 1.82) is 0 Å². The van der Waals surface area contributed by atoms with Gasteiger partial charge in [-0.05, 0) is 48.7 Å². The van der Waals surface area contributed by atoms with Gasteiger partial charge < -0.3 is 28.8 Å². The van der Waals surface area contributed by atoms with Gasteiger partial charge in [0, 0.05) is 31.0 Å². The smallest absolute Gasteiger partial charge is 0.295 e. The average Bonchev–Trinajstić information content (AvgIpc) is 3.57. The zero-order valence-electron chi connectivity index (χ0n) is 22.0. The molecule has 9 nitrogen and oxygen atoms in total. The van der Waals surface area contributed by atoms with Crippen molar-refractivity contribution in [3.63, 3.8) is 0 Å². The van der Waals surface area contributed by atoms with Gasteiger partial charge in [0.1, 0.15) is 24.7 Å². The van der Waals surface area contributed by atoms with Crippen LogP contribution in [0, 0.1) is 0 Å². The van der Waals surface area contributed by atoms with E-state index in [0.717, 1.165) is 19.3 Å². The first kappa shape index (κ1) is 26.3. The summed E-state index contributed by atoms with van der Waals surface area (Å²) in [4.78, 5) is 32.3. The monoisotopic (exact) mass is 531 g/mol. The Kier molecular flexibility index (Phi) is 8.15. The van der Waals surface area contributed by atoms with E-state index < -0.39 is 17.7 Å². The first-order valence-electron chi connectivity index (χ1n) is 13.4. The van der Waals surface area contributed by atoms with Crippen LogP contribution in [0.3, 0.4) is 0 Å². The summed E-state index contributed by atoms with van der Waals surface area (Å²) < 4.78 is 19.1. The molecule has 3 aromatic rings. The zero-order chi connectivity index (χ0) is 27.2. The number of carbonyl (C=O) groups is 2. The minimum atomic E-state index is -0.764. The van der Waals surface area contributed by atoms with Gasteiger partial charge in [-0.25, -0.2) is 4.98 Å². The second-order valence-corrected chi connectivity index (χ2v) is 9.63. The first-order chi connectivity index (χ1) is 19.1. The predicted molar refractivity (Wildman–Crippen MR) is 145 cm³/mol. The summed E-state index contributed by atoms with van der Waals surface area (Å²) in [6, 6.07) is 11.7. The number of carbonyl (C=O) groups excluding carboxylic acids is 2. The van der Waals surface area contributed by atoms with Gasteiger partial charge >= 0.3 is 0 Å². The van der Waals surface area contributed by atoms with Crippen LogP contribution >= 0.6 is 0 Å². The van der Waals surface area contributed by atoms with Crippen molar-refractivity contribution in [3.8, 4) is 17.2 Å². The fourth-order valence-corrected chi connectivity index (χ4v) is 4.96. The van der Waals surface area contributed by atoms with E-state index >= 15 is 0 Å². The molecule has 0 aliphatic carbocycles. The van der Waals surface area contributed by atoms with E-state index in [-0.39, 0.29) is 11.3 Å². The molecule has 1 fully saturated rings. The predicted octanol–water partition coefficient (Wildman–Crippen LogP) is 4.74. The number of hydrogen-bond acceptors (Lipinski definition) is 7. The number of aliphatic hydroxyl groups excluding tert-OH is 1. The fraction of sp³-hybridized carbons (Fsp3) is 0.367. The second-order valence-electron chi connectivity index (χ2n) is 9.63. The van der Waals surface area contributed by atoms with Crippen LogP contribution in [-0.4, -0.2) is 57.6 Å². The van der Waals surface area contributed by atoms with Crippen molar-refractivity contribution in [2.75, 3.05) is 26.4 Å². The first-order valence-corrected chi connectivity index (χ1v) is 13.4. The molecule has 2 aliphatic rings. The topological polar surface area (TPSA) is 103 Å². The Morgan fingerprint density at radius 1 is 1.05 bits per heavy atom. The summed E-state index contributed by atoms with van der Waals surface area (Å²) in [5.74, 6) is 0.109. The van der Waals surface area contributed by atoms with Gasteiger partial charge in [-0.1, -0.05) is 31.9 Å². The lowest BCUT2D eigenvalue weighted by molar-refractivity contribution is -0.139. The Bertz CT molecular complexity index is 1350. The Hall–Kier alpha value is -4.27. The standard InChI is InChI=1S/C30H33N3O6/c1-2-3-4-15-37-23-8-5-7-21(18-23)27-26(28(34)22-9-10-24-25(19-22)39-17-16-38-24)29(35)30(36)33(27)13-6-12-32-14-11-31-20-32/h5,7-11,14,18-20,27,34H,2-4,6,12-13,15-17H2,1H3/t27-/m1/s1.